The molecule has 0 radical (unpaired) electrons. The number of halogens is 1. The van der Waals surface area contributed by atoms with Gasteiger partial charge in [-0.3, -0.25) is 0 Å². The van der Waals surface area contributed by atoms with Gasteiger partial charge in [-0.1, -0.05) is 13.8 Å². The molecule has 3 N–H and O–H groups in total. The molecule has 4 nitrogen and oxygen atoms in total. The van der Waals surface area contributed by atoms with E-state index in [0.29, 0.717) is 23.9 Å². The molecule has 0 spiro atoms. The van der Waals surface area contributed by atoms with Crippen LogP contribution in [0, 0.1) is 46.3 Å². The van der Waals surface area contributed by atoms with Gasteiger partial charge < -0.3 is 0 Å². The van der Waals surface area contributed by atoms with Crippen molar-refractivity contribution in [3.05, 3.63) is 11.6 Å². The molecule has 208 valence electrons. The van der Waals surface area contributed by atoms with E-state index in [0.717, 1.165) is 46.4 Å². The van der Waals surface area contributed by atoms with Crippen LogP contribution in [0.4, 0.5) is 4.79 Å². The number of alkyl halides is 3. The summed E-state index contributed by atoms with van der Waals surface area (Å²) in [6.45, 7) is 13.6. The van der Waals surface area contributed by atoms with Gasteiger partial charge in [-0.15, -0.1) is 0 Å². The second-order valence-electron chi connectivity index (χ2n) is 13.7. The number of carbonyl (C=O) groups is 1. The summed E-state index contributed by atoms with van der Waals surface area (Å²) in [4.78, 5) is 14.8. The molecule has 0 aromatic carbocycles. The van der Waals surface area contributed by atoms with Gasteiger partial charge in [0.2, 0.25) is 0 Å². The third-order valence-corrected chi connectivity index (χ3v) is 16.3. The minimum atomic E-state index is -1.18. The van der Waals surface area contributed by atoms with Crippen LogP contribution in [0.3, 0.4) is 0 Å². The Labute approximate surface area is 229 Å². The van der Waals surface area contributed by atoms with E-state index < -0.39 is 19.8 Å². The molecule has 3 fully saturated rings. The number of allylic oxidation sites excluding steroid dienone is 1. The van der Waals surface area contributed by atoms with E-state index in [1.165, 1.54) is 55.8 Å². The second-order valence-corrected chi connectivity index (χ2v) is 19.5. The molecule has 0 aromatic rings. The van der Waals surface area contributed by atoms with E-state index in [1.807, 2.05) is 0 Å². The van der Waals surface area contributed by atoms with Crippen LogP contribution in [0.2, 0.25) is 0 Å². The van der Waals surface area contributed by atoms with Crippen molar-refractivity contribution in [1.29, 1.82) is 0 Å². The Hall–Kier alpha value is -0.300. The molecule has 0 aromatic heterocycles. The first-order valence-electron chi connectivity index (χ1n) is 14.9. The quantitative estimate of drug-likeness (QED) is 0.170. The number of nitrogens with two attached hydrogens (primary N) is 1. The molecule has 1 aliphatic heterocycles. The van der Waals surface area contributed by atoms with Gasteiger partial charge in [-0.25, -0.2) is 0 Å². The molecule has 4 rings (SSSR count). The van der Waals surface area contributed by atoms with Crippen LogP contribution in [0.15, 0.2) is 11.6 Å². The van der Waals surface area contributed by atoms with E-state index in [2.05, 4.69) is 50.9 Å². The zero-order chi connectivity index (χ0) is 26.1. The van der Waals surface area contributed by atoms with Crippen LogP contribution in [-0.2, 0) is 4.74 Å². The predicted molar refractivity (Wildman–Crippen MR) is 161 cm³/mol. The Morgan fingerprint density at radius 2 is 1.97 bits per heavy atom. The molecule has 0 bridgehead atoms. The first-order valence-corrected chi connectivity index (χ1v) is 20.1. The van der Waals surface area contributed by atoms with Crippen molar-refractivity contribution < 1.29 is 9.53 Å². The van der Waals surface area contributed by atoms with Gasteiger partial charge in [0.05, 0.1) is 0 Å². The first kappa shape index (κ1) is 28.7. The molecule has 1 unspecified atom stereocenters. The Morgan fingerprint density at radius 1 is 1.19 bits per heavy atom. The van der Waals surface area contributed by atoms with Gasteiger partial charge in [0.25, 0.3) is 0 Å². The summed E-state index contributed by atoms with van der Waals surface area (Å²) in [7, 11) is 0. The Bertz CT molecular complexity index is 799. The molecule has 8 atom stereocenters. The molecular formula is C31H55IN2O2. The average molecular weight is 615 g/mol. The van der Waals surface area contributed by atoms with Crippen molar-refractivity contribution in [2.24, 2.45) is 52.1 Å². The topological polar surface area (TPSA) is 64.3 Å². The van der Waals surface area contributed by atoms with E-state index >= 15 is 0 Å². The molecule has 1 heterocycles. The van der Waals surface area contributed by atoms with Crippen LogP contribution < -0.4 is 11.1 Å². The number of fused-ring (bicyclic) bond motifs is 5. The summed E-state index contributed by atoms with van der Waals surface area (Å²) in [6.07, 6.45) is 14.6. The van der Waals surface area contributed by atoms with Crippen molar-refractivity contribution >= 4 is 25.9 Å². The molecule has 2 saturated carbocycles. The van der Waals surface area contributed by atoms with Crippen LogP contribution >= 0.6 is 19.8 Å². The number of hydrogen-bond acceptors (Lipinski definition) is 3. The molecule has 1 amide bonds. The summed E-state index contributed by atoms with van der Waals surface area (Å²) in [5.41, 5.74) is 8.06. The summed E-state index contributed by atoms with van der Waals surface area (Å²) in [5, 5.41) is 2.81. The van der Waals surface area contributed by atoms with Crippen molar-refractivity contribution in [3.63, 3.8) is 0 Å². The van der Waals surface area contributed by atoms with Crippen molar-refractivity contribution in [2.45, 2.75) is 98.5 Å². The SMILES string of the molecule is CC(C)CCC[C@@H](C)C1CC[C@H]2[C@@H]3CC=C4C[C@@H](OC(=O)NCCN)CI(C)C[C@]4(C)[C@H]3CC[C@]12C. The maximum absolute atomic E-state index is 12.3. The number of hydrogen-bond donors (Lipinski definition) is 2. The minimum absolute atomic E-state index is 0.0546. The molecule has 1 saturated heterocycles. The summed E-state index contributed by atoms with van der Waals surface area (Å²) < 4.78 is 8.46. The van der Waals surface area contributed by atoms with E-state index in [1.54, 1.807) is 5.57 Å². The fourth-order valence-electron chi connectivity index (χ4n) is 9.25. The van der Waals surface area contributed by atoms with Crippen LogP contribution in [0.1, 0.15) is 92.4 Å². The zero-order valence-electron chi connectivity index (χ0n) is 24.1. The molecule has 4 aliphatic rings. The van der Waals surface area contributed by atoms with E-state index in [-0.39, 0.29) is 12.2 Å². The van der Waals surface area contributed by atoms with E-state index in [9.17, 15) is 4.79 Å². The summed E-state index contributed by atoms with van der Waals surface area (Å²) in [6, 6.07) is 0. The van der Waals surface area contributed by atoms with Gasteiger partial charge in [-0.05, 0) is 0 Å². The predicted octanol–water partition coefficient (Wildman–Crippen LogP) is 7.44. The van der Waals surface area contributed by atoms with Crippen molar-refractivity contribution in [2.75, 3.05) is 26.9 Å². The van der Waals surface area contributed by atoms with Crippen LogP contribution in [-0.4, -0.2) is 39.1 Å². The number of ether oxygens (including phenoxy) is 1. The summed E-state index contributed by atoms with van der Waals surface area (Å²) in [5.74, 6) is 5.21. The van der Waals surface area contributed by atoms with Crippen LogP contribution in [0.25, 0.3) is 0 Å². The fourth-order valence-corrected chi connectivity index (χ4v) is 15.5. The summed E-state index contributed by atoms with van der Waals surface area (Å²) >= 11 is -1.18. The van der Waals surface area contributed by atoms with Crippen molar-refractivity contribution in [3.8, 4) is 0 Å². The average Bonchev–Trinajstić information content (AvgIpc) is 3.10. The number of amides is 1. The van der Waals surface area contributed by atoms with E-state index in [4.69, 9.17) is 10.5 Å². The fraction of sp³-hybridized carbons (Fsp3) is 0.903. The monoisotopic (exact) mass is 614 g/mol. The normalized spacial score (nSPS) is 39.9. The first-order chi connectivity index (χ1) is 17.1. The zero-order valence-corrected chi connectivity index (χ0v) is 26.2. The van der Waals surface area contributed by atoms with Gasteiger partial charge >= 0.3 is 216 Å². The number of rotatable bonds is 8. The van der Waals surface area contributed by atoms with Gasteiger partial charge in [0.1, 0.15) is 0 Å². The Morgan fingerprint density at radius 3 is 2.69 bits per heavy atom. The molecular weight excluding hydrogens is 559 g/mol. The Kier molecular flexibility index (Phi) is 9.44. The second kappa shape index (κ2) is 11.8. The third-order valence-electron chi connectivity index (χ3n) is 10.9. The van der Waals surface area contributed by atoms with Crippen molar-refractivity contribution in [1.82, 2.24) is 5.32 Å². The maximum atomic E-state index is 12.3. The molecule has 5 heteroatoms. The Balaban J connectivity index is 1.47. The number of alkyl carbamates (subject to hydrolysis) is 1. The van der Waals surface area contributed by atoms with Gasteiger partial charge in [-0.2, -0.15) is 0 Å². The third kappa shape index (κ3) is 5.82. The number of nitrogens with one attached hydrogen (secondary N) is 1. The van der Waals surface area contributed by atoms with Gasteiger partial charge in [0.15, 0.2) is 0 Å². The molecule has 3 aliphatic carbocycles. The number of carbonyl (C=O) groups excluding carboxylic acids is 1. The van der Waals surface area contributed by atoms with Crippen LogP contribution in [0.5, 0.6) is 0 Å². The standard InChI is InChI=1S/C31H55IN2O2/c1-21(2)8-7-9-22(3)26-12-13-27-25-11-10-23-18-24(36-29(35)34-17-16-33)19-32(6)20-31(23,5)28(25)14-15-30(26,27)4/h10,21-22,24-28H,7-9,11-20,33H2,1-6H3,(H,34,35)/t22-,24-,25+,26?,27+,28+,30-,31+/m1/s1. The van der Waals surface area contributed by atoms with Gasteiger partial charge in [0, 0.05) is 0 Å². The molecule has 36 heavy (non-hydrogen) atoms.